The average molecular weight is 719 g/mol. The fourth-order valence-electron chi connectivity index (χ4n) is 5.61. The molecule has 47 heavy (non-hydrogen) atoms. The lowest BCUT2D eigenvalue weighted by Gasteiger charge is -2.37. The molecule has 268 valence electrons. The van der Waals surface area contributed by atoms with Crippen molar-refractivity contribution in [1.82, 2.24) is 9.97 Å². The van der Waals surface area contributed by atoms with E-state index in [0.29, 0.717) is 18.0 Å². The summed E-state index contributed by atoms with van der Waals surface area (Å²) in [6.45, 7) is 14.4. The molecule has 2 rings (SSSR count). The highest BCUT2D eigenvalue weighted by atomic mass is 28.4. The molecule has 1 unspecified atom stereocenters. The Morgan fingerprint density at radius 3 is 1.81 bits per heavy atom. The van der Waals surface area contributed by atoms with Gasteiger partial charge in [-0.2, -0.15) is 39.5 Å². The molecule has 1 atom stereocenters. The molecule has 1 aromatic carbocycles. The van der Waals surface area contributed by atoms with Crippen molar-refractivity contribution in [2.75, 3.05) is 6.61 Å². The SMILES string of the molecule is CCCCCC(Oc1ccc(-c2ncc(OCCCCCCC(F)(F)C(F)(F)C(F)(F)C(F)(F)F)cn2)cc1)[Si](C)(C)C[Si](C)(C)C. The van der Waals surface area contributed by atoms with Crippen LogP contribution in [0.3, 0.4) is 0 Å². The maximum absolute atomic E-state index is 13.6. The number of halogens is 9. The van der Waals surface area contributed by atoms with Crippen LogP contribution in [0, 0.1) is 0 Å². The fraction of sp³-hybridized carbons (Fsp3) is 0.688. The Morgan fingerprint density at radius 1 is 0.702 bits per heavy atom. The van der Waals surface area contributed by atoms with E-state index in [1.165, 1.54) is 24.5 Å². The molecular weight excluding hydrogens is 672 g/mol. The summed E-state index contributed by atoms with van der Waals surface area (Å²) in [5.74, 6) is -17.3. The zero-order valence-electron chi connectivity index (χ0n) is 27.9. The van der Waals surface area contributed by atoms with Crippen LogP contribution in [-0.4, -0.2) is 62.4 Å². The number of aromatic nitrogens is 2. The Kier molecular flexibility index (Phi) is 14.3. The molecule has 0 radical (unpaired) electrons. The van der Waals surface area contributed by atoms with Gasteiger partial charge in [0.2, 0.25) is 0 Å². The highest BCUT2D eigenvalue weighted by Crippen LogP contribution is 2.54. The number of ether oxygens (including phenoxy) is 2. The first-order valence-corrected chi connectivity index (χ1v) is 23.0. The van der Waals surface area contributed by atoms with Crippen LogP contribution in [0.4, 0.5) is 39.5 Å². The van der Waals surface area contributed by atoms with Gasteiger partial charge in [-0.25, -0.2) is 9.97 Å². The Bertz CT molecular complexity index is 1220. The summed E-state index contributed by atoms with van der Waals surface area (Å²) in [6.07, 6.45) is -1.44. The van der Waals surface area contributed by atoms with Crippen LogP contribution < -0.4 is 9.47 Å². The summed E-state index contributed by atoms with van der Waals surface area (Å²) in [5.41, 5.74) is 2.29. The van der Waals surface area contributed by atoms with Gasteiger partial charge in [0.25, 0.3) is 0 Å². The molecule has 0 fully saturated rings. The van der Waals surface area contributed by atoms with E-state index in [0.717, 1.165) is 30.6 Å². The molecule has 0 amide bonds. The molecule has 0 saturated heterocycles. The van der Waals surface area contributed by atoms with Crippen LogP contribution in [0.15, 0.2) is 36.7 Å². The molecule has 15 heteroatoms. The number of benzene rings is 1. The second kappa shape index (κ2) is 16.4. The van der Waals surface area contributed by atoms with Gasteiger partial charge in [-0.05, 0) is 43.5 Å². The van der Waals surface area contributed by atoms with E-state index >= 15 is 0 Å². The first-order chi connectivity index (χ1) is 21.5. The minimum atomic E-state index is -6.85. The van der Waals surface area contributed by atoms with Crippen molar-refractivity contribution in [3.63, 3.8) is 0 Å². The van der Waals surface area contributed by atoms with Crippen molar-refractivity contribution in [2.24, 2.45) is 0 Å². The van der Waals surface area contributed by atoms with Gasteiger partial charge in [-0.15, -0.1) is 0 Å². The predicted octanol–water partition coefficient (Wildman–Crippen LogP) is 11.4. The van der Waals surface area contributed by atoms with Gasteiger partial charge in [-0.1, -0.05) is 77.4 Å². The Balaban J connectivity index is 1.85. The van der Waals surface area contributed by atoms with Crippen LogP contribution in [-0.2, 0) is 0 Å². The van der Waals surface area contributed by atoms with Crippen molar-refractivity contribution in [2.45, 2.75) is 133 Å². The summed E-state index contributed by atoms with van der Waals surface area (Å²) in [4.78, 5) is 8.65. The molecule has 0 aliphatic rings. The maximum Gasteiger partial charge on any atom is 0.460 e. The normalized spacial score (nSPS) is 14.3. The van der Waals surface area contributed by atoms with E-state index in [2.05, 4.69) is 49.6 Å². The lowest BCUT2D eigenvalue weighted by atomic mass is 9.98. The minimum absolute atomic E-state index is 0.0980. The summed E-state index contributed by atoms with van der Waals surface area (Å²) in [5, 5.41) is 0. The predicted molar refractivity (Wildman–Crippen MR) is 171 cm³/mol. The standard InChI is InChI=1S/C32H47F9N2O2Si2/c1-7-8-11-14-27(47(5,6)23-46(2,3)4)45-25-17-15-24(16-18-25)28-42-21-26(22-43-28)44-20-13-10-9-12-19-29(33,34)30(35,36)31(37,38)32(39,40)41/h15-18,21-22,27H,7-14,19-20,23H2,1-6H3. The average Bonchev–Trinajstić information content (AvgIpc) is 2.95. The molecule has 0 N–H and O–H groups in total. The lowest BCUT2D eigenvalue weighted by molar-refractivity contribution is -0.396. The van der Waals surface area contributed by atoms with Crippen molar-refractivity contribution in [3.8, 4) is 22.9 Å². The molecule has 4 nitrogen and oxygen atoms in total. The van der Waals surface area contributed by atoms with Gasteiger partial charge < -0.3 is 9.47 Å². The van der Waals surface area contributed by atoms with Crippen LogP contribution in [0.5, 0.6) is 11.5 Å². The number of unbranched alkanes of at least 4 members (excludes halogenated alkanes) is 5. The molecular formula is C32H47F9N2O2Si2. The van der Waals surface area contributed by atoms with E-state index < -0.39 is 52.9 Å². The van der Waals surface area contributed by atoms with Crippen molar-refractivity contribution in [1.29, 1.82) is 0 Å². The van der Waals surface area contributed by atoms with Crippen LogP contribution in [0.2, 0.25) is 38.4 Å². The molecule has 1 heterocycles. The summed E-state index contributed by atoms with van der Waals surface area (Å²) >= 11 is 0. The smallest absolute Gasteiger partial charge is 0.460 e. The molecule has 0 spiro atoms. The third-order valence-corrected chi connectivity index (χ3v) is 17.8. The zero-order chi connectivity index (χ0) is 35.7. The quantitative estimate of drug-likeness (QED) is 0.0777. The van der Waals surface area contributed by atoms with Gasteiger partial charge in [0.15, 0.2) is 11.6 Å². The molecule has 0 bridgehead atoms. The summed E-state index contributed by atoms with van der Waals surface area (Å²) in [6, 6.07) is 7.64. The van der Waals surface area contributed by atoms with Crippen LogP contribution in [0.25, 0.3) is 11.4 Å². The molecule has 0 saturated carbocycles. The van der Waals surface area contributed by atoms with Gasteiger partial charge in [0.05, 0.1) is 32.8 Å². The largest absolute Gasteiger partial charge is 0.494 e. The number of hydrogen-bond acceptors (Lipinski definition) is 4. The lowest BCUT2D eigenvalue weighted by Crippen LogP contribution is -2.60. The minimum Gasteiger partial charge on any atom is -0.494 e. The Morgan fingerprint density at radius 2 is 1.28 bits per heavy atom. The Hall–Kier alpha value is -2.30. The number of rotatable bonds is 20. The molecule has 2 aromatic rings. The third kappa shape index (κ3) is 11.7. The van der Waals surface area contributed by atoms with Crippen LogP contribution in [0.1, 0.15) is 64.7 Å². The zero-order valence-corrected chi connectivity index (χ0v) is 29.9. The van der Waals surface area contributed by atoms with Gasteiger partial charge in [-0.3, -0.25) is 0 Å². The van der Waals surface area contributed by atoms with Gasteiger partial charge in [0, 0.05) is 20.1 Å². The number of nitrogens with zero attached hydrogens (tertiary/aromatic N) is 2. The Labute approximate surface area is 273 Å². The van der Waals surface area contributed by atoms with E-state index in [-0.39, 0.29) is 25.2 Å². The number of alkyl halides is 9. The van der Waals surface area contributed by atoms with E-state index in [9.17, 15) is 39.5 Å². The molecule has 1 aromatic heterocycles. The second-order valence-corrected chi connectivity index (χ2v) is 25.1. The summed E-state index contributed by atoms with van der Waals surface area (Å²) < 4.78 is 129. The van der Waals surface area contributed by atoms with Crippen molar-refractivity contribution in [3.05, 3.63) is 36.7 Å². The fourth-order valence-corrected chi connectivity index (χ4v) is 18.9. The first kappa shape index (κ1) is 40.9. The van der Waals surface area contributed by atoms with Gasteiger partial charge >= 0.3 is 23.9 Å². The maximum atomic E-state index is 13.6. The topological polar surface area (TPSA) is 44.2 Å². The number of hydrogen-bond donors (Lipinski definition) is 0. The monoisotopic (exact) mass is 718 g/mol. The van der Waals surface area contributed by atoms with E-state index in [1.807, 2.05) is 24.3 Å². The van der Waals surface area contributed by atoms with Crippen molar-refractivity contribution >= 4 is 16.1 Å². The highest BCUT2D eigenvalue weighted by Gasteiger charge is 2.81. The summed E-state index contributed by atoms with van der Waals surface area (Å²) in [7, 11) is -2.91. The molecule has 0 aliphatic heterocycles. The third-order valence-electron chi connectivity index (χ3n) is 7.81. The second-order valence-electron chi connectivity index (χ2n) is 14.0. The van der Waals surface area contributed by atoms with Gasteiger partial charge in [0.1, 0.15) is 5.75 Å². The first-order valence-electron chi connectivity index (χ1n) is 16.0. The van der Waals surface area contributed by atoms with E-state index in [4.69, 9.17) is 9.47 Å². The molecule has 0 aliphatic carbocycles. The van der Waals surface area contributed by atoms with E-state index in [1.54, 1.807) is 0 Å². The highest BCUT2D eigenvalue weighted by molar-refractivity contribution is 6.95. The van der Waals surface area contributed by atoms with Crippen molar-refractivity contribution < 1.29 is 49.0 Å². The van der Waals surface area contributed by atoms with Crippen LogP contribution >= 0.6 is 0 Å².